The summed E-state index contributed by atoms with van der Waals surface area (Å²) < 4.78 is 0. The van der Waals surface area contributed by atoms with Crippen LogP contribution in [-0.2, 0) is 6.42 Å². The normalized spacial score (nSPS) is 16.9. The maximum Gasteiger partial charge on any atom is 0.0340 e. The molecule has 104 valence electrons. The molecule has 2 aromatic rings. The molecular weight excluding hydrogens is 286 g/mol. The van der Waals surface area contributed by atoms with Crippen LogP contribution in [0.5, 0.6) is 0 Å². The molecule has 0 aliphatic carbocycles. The van der Waals surface area contributed by atoms with Gasteiger partial charge in [0, 0.05) is 34.7 Å². The highest BCUT2D eigenvalue weighted by molar-refractivity contribution is 7.99. The maximum atomic E-state index is 5.75. The van der Waals surface area contributed by atoms with Crippen molar-refractivity contribution < 1.29 is 0 Å². The minimum absolute atomic E-state index is 0.610. The SMILES string of the molecule is ClCCc1ccc(NCC2CSc3ccccc32)cc1. The Kier molecular flexibility index (Phi) is 4.54. The Hall–Kier alpha value is -1.12. The number of aryl methyl sites for hydroxylation is 1. The van der Waals surface area contributed by atoms with Crippen LogP contribution >= 0.6 is 23.4 Å². The smallest absolute Gasteiger partial charge is 0.0340 e. The van der Waals surface area contributed by atoms with Gasteiger partial charge in [0.25, 0.3) is 0 Å². The molecule has 0 saturated heterocycles. The standard InChI is InChI=1S/C17H18ClNS/c18-10-9-13-5-7-15(8-6-13)19-11-14-12-20-17-4-2-1-3-16(14)17/h1-8,14,19H,9-12H2. The van der Waals surface area contributed by atoms with Crippen LogP contribution < -0.4 is 5.32 Å². The second-order valence-electron chi connectivity index (χ2n) is 5.06. The molecule has 0 amide bonds. The number of anilines is 1. The van der Waals surface area contributed by atoms with Gasteiger partial charge in [-0.2, -0.15) is 0 Å². The first-order chi connectivity index (χ1) is 9.86. The van der Waals surface area contributed by atoms with Crippen molar-refractivity contribution in [1.82, 2.24) is 0 Å². The number of rotatable bonds is 5. The third-order valence-electron chi connectivity index (χ3n) is 3.69. The van der Waals surface area contributed by atoms with Gasteiger partial charge in [-0.25, -0.2) is 0 Å². The average molecular weight is 304 g/mol. The molecule has 0 bridgehead atoms. The molecule has 0 fully saturated rings. The van der Waals surface area contributed by atoms with Gasteiger partial charge in [-0.15, -0.1) is 23.4 Å². The van der Waals surface area contributed by atoms with Gasteiger partial charge in [0.2, 0.25) is 0 Å². The Balaban J connectivity index is 1.60. The highest BCUT2D eigenvalue weighted by atomic mass is 35.5. The molecule has 20 heavy (non-hydrogen) atoms. The van der Waals surface area contributed by atoms with Crippen LogP contribution in [0.1, 0.15) is 17.0 Å². The Morgan fingerprint density at radius 2 is 1.90 bits per heavy atom. The topological polar surface area (TPSA) is 12.0 Å². The van der Waals surface area contributed by atoms with Gasteiger partial charge >= 0.3 is 0 Å². The van der Waals surface area contributed by atoms with Gasteiger partial charge in [0.05, 0.1) is 0 Å². The fourth-order valence-corrected chi connectivity index (χ4v) is 4.01. The van der Waals surface area contributed by atoms with Crippen molar-refractivity contribution in [3.05, 3.63) is 59.7 Å². The molecule has 1 nitrogen and oxygen atoms in total. The summed E-state index contributed by atoms with van der Waals surface area (Å²) in [6, 6.07) is 17.3. The fourth-order valence-electron chi connectivity index (χ4n) is 2.54. The molecule has 0 radical (unpaired) electrons. The quantitative estimate of drug-likeness (QED) is 0.799. The van der Waals surface area contributed by atoms with E-state index in [2.05, 4.69) is 53.8 Å². The highest BCUT2D eigenvalue weighted by Gasteiger charge is 2.22. The van der Waals surface area contributed by atoms with Crippen LogP contribution in [0, 0.1) is 0 Å². The van der Waals surface area contributed by atoms with Crippen molar-refractivity contribution in [2.75, 3.05) is 23.5 Å². The first-order valence-corrected chi connectivity index (χ1v) is 8.49. The van der Waals surface area contributed by atoms with Gasteiger partial charge in [0.1, 0.15) is 0 Å². The number of halogens is 1. The Morgan fingerprint density at radius 1 is 1.10 bits per heavy atom. The predicted molar refractivity (Wildman–Crippen MR) is 89.3 cm³/mol. The van der Waals surface area contributed by atoms with Crippen LogP contribution in [0.15, 0.2) is 53.4 Å². The van der Waals surface area contributed by atoms with Crippen molar-refractivity contribution >= 4 is 29.1 Å². The van der Waals surface area contributed by atoms with Gasteiger partial charge in [-0.05, 0) is 35.7 Å². The molecular formula is C17H18ClNS. The van der Waals surface area contributed by atoms with Crippen LogP contribution in [0.4, 0.5) is 5.69 Å². The molecule has 0 spiro atoms. The minimum atomic E-state index is 0.610. The van der Waals surface area contributed by atoms with Crippen molar-refractivity contribution in [3.63, 3.8) is 0 Å². The van der Waals surface area contributed by atoms with E-state index in [-0.39, 0.29) is 0 Å². The van der Waals surface area contributed by atoms with E-state index < -0.39 is 0 Å². The van der Waals surface area contributed by atoms with E-state index in [0.717, 1.165) is 13.0 Å². The summed E-state index contributed by atoms with van der Waals surface area (Å²) in [6.45, 7) is 0.999. The first-order valence-electron chi connectivity index (χ1n) is 6.97. The second-order valence-corrected chi connectivity index (χ2v) is 6.50. The molecule has 1 atom stereocenters. The summed E-state index contributed by atoms with van der Waals surface area (Å²) in [5.41, 5.74) is 3.98. The van der Waals surface area contributed by atoms with Crippen LogP contribution in [-0.4, -0.2) is 18.2 Å². The van der Waals surface area contributed by atoms with Crippen molar-refractivity contribution in [2.45, 2.75) is 17.2 Å². The molecule has 1 aliphatic heterocycles. The summed E-state index contributed by atoms with van der Waals surface area (Å²) in [6.07, 6.45) is 0.939. The molecule has 1 unspecified atom stereocenters. The number of alkyl halides is 1. The van der Waals surface area contributed by atoms with Gasteiger partial charge in [-0.3, -0.25) is 0 Å². The molecule has 1 aliphatic rings. The van der Waals surface area contributed by atoms with Crippen LogP contribution in [0.3, 0.4) is 0 Å². The van der Waals surface area contributed by atoms with Gasteiger partial charge in [0.15, 0.2) is 0 Å². The summed E-state index contributed by atoms with van der Waals surface area (Å²) in [5, 5.41) is 3.55. The monoisotopic (exact) mass is 303 g/mol. The molecule has 3 heteroatoms. The molecule has 1 heterocycles. The lowest BCUT2D eigenvalue weighted by Crippen LogP contribution is -2.12. The Labute approximate surface area is 129 Å². The van der Waals surface area contributed by atoms with Crippen LogP contribution in [0.25, 0.3) is 0 Å². The second kappa shape index (κ2) is 6.55. The largest absolute Gasteiger partial charge is 0.384 e. The van der Waals surface area contributed by atoms with Gasteiger partial charge < -0.3 is 5.32 Å². The Morgan fingerprint density at radius 3 is 2.70 bits per heavy atom. The lowest BCUT2D eigenvalue weighted by molar-refractivity contribution is 0.819. The molecule has 1 N–H and O–H groups in total. The number of nitrogens with one attached hydrogen (secondary N) is 1. The third-order valence-corrected chi connectivity index (χ3v) is 5.13. The Bertz CT molecular complexity index is 567. The minimum Gasteiger partial charge on any atom is -0.384 e. The van der Waals surface area contributed by atoms with Crippen LogP contribution in [0.2, 0.25) is 0 Å². The maximum absolute atomic E-state index is 5.75. The number of hydrogen-bond donors (Lipinski definition) is 1. The summed E-state index contributed by atoms with van der Waals surface area (Å²) in [4.78, 5) is 1.44. The number of benzene rings is 2. The lowest BCUT2D eigenvalue weighted by Gasteiger charge is -2.13. The highest BCUT2D eigenvalue weighted by Crippen LogP contribution is 2.39. The lowest BCUT2D eigenvalue weighted by atomic mass is 10.0. The zero-order valence-electron chi connectivity index (χ0n) is 11.3. The van der Waals surface area contributed by atoms with Crippen molar-refractivity contribution in [3.8, 4) is 0 Å². The van der Waals surface area contributed by atoms with Crippen molar-refractivity contribution in [2.24, 2.45) is 0 Å². The van der Waals surface area contributed by atoms with E-state index in [0.29, 0.717) is 11.8 Å². The van der Waals surface area contributed by atoms with E-state index >= 15 is 0 Å². The zero-order valence-corrected chi connectivity index (χ0v) is 12.9. The third kappa shape index (κ3) is 3.13. The van der Waals surface area contributed by atoms with Crippen molar-refractivity contribution in [1.29, 1.82) is 0 Å². The number of thioether (sulfide) groups is 1. The van der Waals surface area contributed by atoms with E-state index in [1.165, 1.54) is 27.5 Å². The van der Waals surface area contributed by atoms with E-state index in [4.69, 9.17) is 11.6 Å². The van der Waals surface area contributed by atoms with E-state index in [1.54, 1.807) is 0 Å². The van der Waals surface area contributed by atoms with E-state index in [9.17, 15) is 0 Å². The summed E-state index contributed by atoms with van der Waals surface area (Å²) >= 11 is 7.72. The number of hydrogen-bond acceptors (Lipinski definition) is 2. The number of fused-ring (bicyclic) bond motifs is 1. The predicted octanol–water partition coefficient (Wildman–Crippen LogP) is 4.77. The molecule has 0 saturated carbocycles. The van der Waals surface area contributed by atoms with Gasteiger partial charge in [-0.1, -0.05) is 30.3 Å². The fraction of sp³-hybridized carbons (Fsp3) is 0.294. The summed E-state index contributed by atoms with van der Waals surface area (Å²) in [5.74, 6) is 2.47. The zero-order chi connectivity index (χ0) is 13.8. The molecule has 0 aromatic heterocycles. The average Bonchev–Trinajstić information content (AvgIpc) is 2.90. The first kappa shape index (κ1) is 13.8. The molecule has 3 rings (SSSR count). The summed E-state index contributed by atoms with van der Waals surface area (Å²) in [7, 11) is 0. The van der Waals surface area contributed by atoms with E-state index in [1.807, 2.05) is 11.8 Å². The molecule has 2 aromatic carbocycles.